The topological polar surface area (TPSA) is 69.6 Å². The molecule has 50 heavy (non-hydrogen) atoms. The zero-order valence-electron chi connectivity index (χ0n) is 31.2. The Bertz CT molecular complexity index is 2530. The molecule has 0 aliphatic rings. The van der Waals surface area contributed by atoms with E-state index in [2.05, 4.69) is 89.7 Å². The number of benzene rings is 4. The zero-order chi connectivity index (χ0) is 36.7. The van der Waals surface area contributed by atoms with E-state index in [1.54, 1.807) is 24.8 Å². The maximum absolute atomic E-state index is 13.8. The van der Waals surface area contributed by atoms with E-state index in [4.69, 9.17) is 13.5 Å². The van der Waals surface area contributed by atoms with Gasteiger partial charge in [0.1, 0.15) is 17.4 Å². The summed E-state index contributed by atoms with van der Waals surface area (Å²) < 4.78 is 44.0. The second-order valence-electron chi connectivity index (χ2n) is 12.6. The monoisotopic (exact) mass is 841 g/mol. The summed E-state index contributed by atoms with van der Waals surface area (Å²) >= 11 is 0. The van der Waals surface area contributed by atoms with Crippen LogP contribution in [-0.4, -0.2) is 24.5 Å². The van der Waals surface area contributed by atoms with Crippen molar-refractivity contribution in [2.24, 2.45) is 0 Å². The minimum Gasteiger partial charge on any atom is -0.501 e. The molecule has 0 saturated heterocycles. The van der Waals surface area contributed by atoms with Gasteiger partial charge in [-0.25, -0.2) is 9.97 Å². The van der Waals surface area contributed by atoms with Crippen LogP contribution in [0.5, 0.6) is 0 Å². The molecule has 0 saturated carbocycles. The van der Waals surface area contributed by atoms with Gasteiger partial charge in [0, 0.05) is 47.3 Å². The van der Waals surface area contributed by atoms with Crippen LogP contribution < -0.4 is 0 Å². The summed E-state index contributed by atoms with van der Waals surface area (Å²) in [5, 5.41) is 2.14. The summed E-state index contributed by atoms with van der Waals surface area (Å²) in [6.45, 7) is 8.46. The van der Waals surface area contributed by atoms with E-state index in [9.17, 15) is 4.39 Å². The minimum atomic E-state index is -2.32. The fourth-order valence-electron chi connectivity index (χ4n) is 6.12. The van der Waals surface area contributed by atoms with Crippen molar-refractivity contribution in [1.29, 1.82) is 0 Å². The third-order valence-electron chi connectivity index (χ3n) is 8.51. The summed E-state index contributed by atoms with van der Waals surface area (Å²) in [5.41, 5.74) is 9.14. The molecule has 0 atom stereocenters. The molecule has 253 valence electrons. The molecule has 1 radical (unpaired) electrons. The fourth-order valence-corrected chi connectivity index (χ4v) is 6.12. The Morgan fingerprint density at radius 2 is 1.62 bits per heavy atom. The second-order valence-corrected chi connectivity index (χ2v) is 12.6. The molecule has 4 heterocycles. The average molecular weight is 841 g/mol. The van der Waals surface area contributed by atoms with Crippen LogP contribution in [0.4, 0.5) is 4.39 Å². The van der Waals surface area contributed by atoms with E-state index in [0.717, 1.165) is 61.8 Å². The van der Waals surface area contributed by atoms with Crippen LogP contribution in [0.25, 0.3) is 61.4 Å². The van der Waals surface area contributed by atoms with Crippen LogP contribution in [0.15, 0.2) is 102 Å². The van der Waals surface area contributed by atoms with Gasteiger partial charge in [-0.2, -0.15) is 0 Å². The van der Waals surface area contributed by atoms with E-state index in [1.165, 1.54) is 17.2 Å². The Hall–Kier alpha value is -5.04. The van der Waals surface area contributed by atoms with Crippen molar-refractivity contribution in [3.8, 4) is 28.3 Å². The molecule has 4 aromatic carbocycles. The molecule has 0 fully saturated rings. The standard InChI is InChI=1S/C29H25N4O.C13H11FN.Ir/c1-17(2)19-10-7-11-20(18(3)4)26(19)33-28(32-24-15-30-16-31-29(24)33)23-13-8-12-22-21-9-5-6-14-25(21)34-27(22)23;1-9-3-5-11(12(14)7-9)13-6-4-10(2)8-15-13;/h5-12,14-18H,1-4H3;3-4,6-8H,1-2H3;/q2*-1;/i;1D3;. The maximum atomic E-state index is 13.8. The molecule has 8 aromatic rings. The molecule has 0 spiro atoms. The molecule has 8 rings (SSSR count). The first kappa shape index (κ1) is 31.0. The number of halogens is 1. The number of hydrogen-bond donors (Lipinski definition) is 0. The molecule has 0 N–H and O–H groups in total. The van der Waals surface area contributed by atoms with Crippen LogP contribution in [0.3, 0.4) is 0 Å². The quantitative estimate of drug-likeness (QED) is 0.162. The van der Waals surface area contributed by atoms with E-state index in [-0.39, 0.29) is 31.2 Å². The van der Waals surface area contributed by atoms with E-state index >= 15 is 0 Å². The summed E-state index contributed by atoms with van der Waals surface area (Å²) in [4.78, 5) is 18.0. The van der Waals surface area contributed by atoms with Crippen LogP contribution in [-0.2, 0) is 20.1 Å². The molecule has 0 amide bonds. The first-order chi connectivity index (χ1) is 24.9. The Balaban J connectivity index is 0.000000215. The second kappa shape index (κ2) is 14.4. The van der Waals surface area contributed by atoms with Crippen molar-refractivity contribution >= 4 is 33.1 Å². The average Bonchev–Trinajstić information content (AvgIpc) is 3.70. The van der Waals surface area contributed by atoms with Crippen LogP contribution in [0.1, 0.15) is 65.9 Å². The zero-order valence-corrected chi connectivity index (χ0v) is 30.6. The number of aromatic nitrogens is 5. The number of nitrogens with zero attached hydrogens (tertiary/aromatic N) is 5. The molecule has 6 nitrogen and oxygen atoms in total. The predicted octanol–water partition coefficient (Wildman–Crippen LogP) is 10.7. The summed E-state index contributed by atoms with van der Waals surface area (Å²) in [6, 6.07) is 30.5. The molecular formula is C42H36FIrN5O-2. The number of fused-ring (bicyclic) bond motifs is 4. The minimum absolute atomic E-state index is 0. The van der Waals surface area contributed by atoms with Crippen molar-refractivity contribution in [1.82, 2.24) is 24.5 Å². The predicted molar refractivity (Wildman–Crippen MR) is 194 cm³/mol. The van der Waals surface area contributed by atoms with Crippen molar-refractivity contribution < 1.29 is 33.0 Å². The van der Waals surface area contributed by atoms with Gasteiger partial charge < -0.3 is 14.0 Å². The van der Waals surface area contributed by atoms with E-state index < -0.39 is 12.7 Å². The Morgan fingerprint density at radius 3 is 2.32 bits per heavy atom. The van der Waals surface area contributed by atoms with Gasteiger partial charge in [-0.05, 0) is 47.2 Å². The summed E-state index contributed by atoms with van der Waals surface area (Å²) in [6.07, 6.45) is 4.98. The van der Waals surface area contributed by atoms with Crippen LogP contribution in [0, 0.1) is 31.7 Å². The molecule has 8 heteroatoms. The largest absolute Gasteiger partial charge is 0.501 e. The normalized spacial score (nSPS) is 12.4. The third kappa shape index (κ3) is 6.49. The van der Waals surface area contributed by atoms with Gasteiger partial charge in [-0.3, -0.25) is 9.37 Å². The van der Waals surface area contributed by atoms with Gasteiger partial charge in [0.05, 0.1) is 17.6 Å². The van der Waals surface area contributed by atoms with Crippen molar-refractivity contribution in [3.05, 3.63) is 138 Å². The molecule has 4 aromatic heterocycles. The van der Waals surface area contributed by atoms with Crippen molar-refractivity contribution in [3.63, 3.8) is 0 Å². The Labute approximate surface area is 309 Å². The first-order valence-electron chi connectivity index (χ1n) is 17.7. The molecule has 0 unspecified atom stereocenters. The van der Waals surface area contributed by atoms with Crippen molar-refractivity contribution in [2.75, 3.05) is 0 Å². The van der Waals surface area contributed by atoms with E-state index in [1.807, 2.05) is 37.3 Å². The molecule has 0 aliphatic heterocycles. The fraction of sp³-hybridized carbons (Fsp3) is 0.190. The SMILES string of the molecule is CC(C)c1cccc(C(C)C)c1-n1c(-c2[c-]ccc3c2oc2ccccc23)nc2cncnc21.[2H]C([2H])([2H])c1c[c-]c(-c2ccc(C)cn2)c(F)c1.[Ir]. The summed E-state index contributed by atoms with van der Waals surface area (Å²) in [7, 11) is 0. The maximum Gasteiger partial charge on any atom is 0.158 e. The Kier molecular flexibility index (Phi) is 8.95. The Morgan fingerprint density at radius 1 is 0.840 bits per heavy atom. The number of pyridine rings is 1. The number of aryl methyl sites for hydroxylation is 2. The van der Waals surface area contributed by atoms with Gasteiger partial charge in [0.2, 0.25) is 0 Å². The number of hydrogen-bond acceptors (Lipinski definition) is 5. The van der Waals surface area contributed by atoms with Crippen LogP contribution >= 0.6 is 0 Å². The van der Waals surface area contributed by atoms with Gasteiger partial charge in [0.25, 0.3) is 0 Å². The summed E-state index contributed by atoms with van der Waals surface area (Å²) in [5.74, 6) is 0.786. The molecular weight excluding hydrogens is 802 g/mol. The van der Waals surface area contributed by atoms with Crippen molar-refractivity contribution in [2.45, 2.75) is 53.3 Å². The smallest absolute Gasteiger partial charge is 0.158 e. The van der Waals surface area contributed by atoms with Gasteiger partial charge in [-0.1, -0.05) is 99.6 Å². The van der Waals surface area contributed by atoms with Gasteiger partial charge >= 0.3 is 0 Å². The first-order valence-corrected chi connectivity index (χ1v) is 16.2. The molecule has 0 aliphatic carbocycles. The van der Waals surface area contributed by atoms with Gasteiger partial charge in [0.15, 0.2) is 5.65 Å². The van der Waals surface area contributed by atoms with Crippen LogP contribution in [0.2, 0.25) is 0 Å². The number of imidazole rings is 1. The number of para-hydroxylation sites is 2. The third-order valence-corrected chi connectivity index (χ3v) is 8.51. The molecule has 0 bridgehead atoms. The van der Waals surface area contributed by atoms with Gasteiger partial charge in [-0.15, -0.1) is 42.0 Å². The number of rotatable bonds is 5. The van der Waals surface area contributed by atoms with E-state index in [0.29, 0.717) is 17.5 Å². The number of furan rings is 1.